The maximum atomic E-state index is 4.60. The molecule has 0 unspecified atom stereocenters. The Bertz CT molecular complexity index is 219. The van der Waals surface area contributed by atoms with Gasteiger partial charge in [0.2, 0.25) is 0 Å². The van der Waals surface area contributed by atoms with Gasteiger partial charge in [-0.05, 0) is 24.8 Å². The largest absolute Gasteiger partial charge is 0.399 e. The average molecular weight is 166 g/mol. The van der Waals surface area contributed by atoms with Crippen molar-refractivity contribution in [3.63, 3.8) is 0 Å². The van der Waals surface area contributed by atoms with Crippen molar-refractivity contribution in [1.29, 1.82) is 0 Å². The van der Waals surface area contributed by atoms with Gasteiger partial charge in [0.1, 0.15) is 7.11 Å². The highest BCUT2D eigenvalue weighted by Gasteiger charge is 2.02. The first-order valence-corrected chi connectivity index (χ1v) is 4.04. The molecule has 0 bridgehead atoms. The normalized spacial score (nSPS) is 16.8. The lowest BCUT2D eigenvalue weighted by Gasteiger charge is -2.20. The predicted octanol–water partition coefficient (Wildman–Crippen LogP) is 1.39. The molecule has 0 fully saturated rings. The maximum Gasteiger partial charge on any atom is 0.106 e. The molecule has 66 valence electrons. The summed E-state index contributed by atoms with van der Waals surface area (Å²) in [6, 6.07) is 0. The van der Waals surface area contributed by atoms with Crippen LogP contribution in [0.25, 0.3) is 0 Å². The van der Waals surface area contributed by atoms with Crippen LogP contribution in [0.3, 0.4) is 0 Å². The molecule has 0 amide bonds. The first-order chi connectivity index (χ1) is 5.86. The second kappa shape index (κ2) is 4.59. The van der Waals surface area contributed by atoms with E-state index in [0.717, 1.165) is 13.1 Å². The van der Waals surface area contributed by atoms with Crippen LogP contribution in [0.4, 0.5) is 0 Å². The van der Waals surface area contributed by atoms with Gasteiger partial charge in [-0.15, -0.1) is 0 Å². The molecule has 0 radical (unpaired) electrons. The van der Waals surface area contributed by atoms with E-state index in [-0.39, 0.29) is 0 Å². The highest BCUT2D eigenvalue weighted by atomic mass is 16.6. The molecule has 12 heavy (non-hydrogen) atoms. The fourth-order valence-electron chi connectivity index (χ4n) is 1.05. The topological polar surface area (TPSA) is 24.8 Å². The SMILES string of the molecule is CCN1C=CC=C(C=NOC)C1. The maximum absolute atomic E-state index is 4.60. The van der Waals surface area contributed by atoms with Crippen molar-refractivity contribution in [1.82, 2.24) is 4.90 Å². The molecule has 1 rings (SSSR count). The van der Waals surface area contributed by atoms with E-state index in [9.17, 15) is 0 Å². The van der Waals surface area contributed by atoms with Crippen LogP contribution in [0.2, 0.25) is 0 Å². The van der Waals surface area contributed by atoms with Gasteiger partial charge in [0.25, 0.3) is 0 Å². The first-order valence-electron chi connectivity index (χ1n) is 4.04. The molecule has 1 aliphatic heterocycles. The van der Waals surface area contributed by atoms with Gasteiger partial charge >= 0.3 is 0 Å². The Morgan fingerprint density at radius 2 is 2.58 bits per heavy atom. The minimum Gasteiger partial charge on any atom is -0.399 e. The molecule has 0 N–H and O–H groups in total. The summed E-state index contributed by atoms with van der Waals surface area (Å²) >= 11 is 0. The summed E-state index contributed by atoms with van der Waals surface area (Å²) < 4.78 is 0. The molecular weight excluding hydrogens is 152 g/mol. The van der Waals surface area contributed by atoms with Gasteiger partial charge in [-0.1, -0.05) is 11.2 Å². The van der Waals surface area contributed by atoms with E-state index < -0.39 is 0 Å². The molecular formula is C9H14N2O. The molecule has 0 saturated heterocycles. The standard InChI is InChI=1S/C9H14N2O/c1-3-11-6-4-5-9(8-11)7-10-12-2/h4-7H,3,8H2,1-2H3. The smallest absolute Gasteiger partial charge is 0.106 e. The van der Waals surface area contributed by atoms with Gasteiger partial charge in [0, 0.05) is 13.1 Å². The summed E-state index contributed by atoms with van der Waals surface area (Å²) in [7, 11) is 1.55. The summed E-state index contributed by atoms with van der Waals surface area (Å²) in [5.41, 5.74) is 1.17. The number of hydrogen-bond acceptors (Lipinski definition) is 3. The zero-order valence-electron chi connectivity index (χ0n) is 7.53. The molecule has 0 aromatic rings. The summed E-state index contributed by atoms with van der Waals surface area (Å²) in [5.74, 6) is 0. The molecule has 0 spiro atoms. The summed E-state index contributed by atoms with van der Waals surface area (Å²) in [5, 5.41) is 3.71. The third kappa shape index (κ3) is 2.42. The molecule has 3 nitrogen and oxygen atoms in total. The fourth-order valence-corrected chi connectivity index (χ4v) is 1.05. The van der Waals surface area contributed by atoms with Crippen LogP contribution in [0.5, 0.6) is 0 Å². The number of nitrogens with zero attached hydrogens (tertiary/aromatic N) is 2. The number of rotatable bonds is 3. The lowest BCUT2D eigenvalue weighted by atomic mass is 10.2. The van der Waals surface area contributed by atoms with Crippen LogP contribution in [0, 0.1) is 0 Å². The number of likely N-dealkylation sites (N-methyl/N-ethyl adjacent to an activating group) is 1. The zero-order valence-corrected chi connectivity index (χ0v) is 7.53. The Kier molecular flexibility index (Phi) is 3.38. The van der Waals surface area contributed by atoms with Crippen molar-refractivity contribution < 1.29 is 4.84 Å². The first kappa shape index (κ1) is 8.84. The minimum atomic E-state index is 0.917. The Hall–Kier alpha value is -1.25. The number of allylic oxidation sites excluding steroid dienone is 2. The number of oxime groups is 1. The van der Waals surface area contributed by atoms with Gasteiger partial charge in [-0.3, -0.25) is 0 Å². The molecule has 0 aromatic carbocycles. The monoisotopic (exact) mass is 166 g/mol. The van der Waals surface area contributed by atoms with E-state index in [2.05, 4.69) is 28.0 Å². The molecule has 0 aromatic heterocycles. The quantitative estimate of drug-likeness (QED) is 0.467. The van der Waals surface area contributed by atoms with Crippen molar-refractivity contribution in [3.8, 4) is 0 Å². The van der Waals surface area contributed by atoms with Crippen LogP contribution in [0.1, 0.15) is 6.92 Å². The molecule has 1 aliphatic rings. The van der Waals surface area contributed by atoms with Crippen molar-refractivity contribution in [2.75, 3.05) is 20.2 Å². The van der Waals surface area contributed by atoms with Gasteiger partial charge in [-0.25, -0.2) is 0 Å². The van der Waals surface area contributed by atoms with Crippen LogP contribution in [0.15, 0.2) is 29.1 Å². The van der Waals surface area contributed by atoms with E-state index in [1.165, 1.54) is 5.57 Å². The summed E-state index contributed by atoms with van der Waals surface area (Å²) in [4.78, 5) is 6.80. The molecule has 0 atom stereocenters. The Morgan fingerprint density at radius 1 is 1.75 bits per heavy atom. The van der Waals surface area contributed by atoms with Crippen molar-refractivity contribution >= 4 is 6.21 Å². The van der Waals surface area contributed by atoms with Crippen molar-refractivity contribution in [2.24, 2.45) is 5.16 Å². The molecule has 1 heterocycles. The van der Waals surface area contributed by atoms with Crippen LogP contribution in [-0.2, 0) is 4.84 Å². The van der Waals surface area contributed by atoms with E-state index in [1.54, 1.807) is 13.3 Å². The third-order valence-corrected chi connectivity index (χ3v) is 1.72. The second-order valence-corrected chi connectivity index (χ2v) is 2.56. The highest BCUT2D eigenvalue weighted by Crippen LogP contribution is 2.04. The third-order valence-electron chi connectivity index (χ3n) is 1.72. The van der Waals surface area contributed by atoms with Crippen molar-refractivity contribution in [2.45, 2.75) is 6.92 Å². The lowest BCUT2D eigenvalue weighted by molar-refractivity contribution is 0.215. The lowest BCUT2D eigenvalue weighted by Crippen LogP contribution is -2.21. The average Bonchev–Trinajstić information content (AvgIpc) is 2.15. The Labute approximate surface area is 73.0 Å². The minimum absolute atomic E-state index is 0.917. The van der Waals surface area contributed by atoms with Gasteiger partial charge < -0.3 is 9.74 Å². The van der Waals surface area contributed by atoms with Crippen LogP contribution < -0.4 is 0 Å². The molecule has 0 aliphatic carbocycles. The predicted molar refractivity (Wildman–Crippen MR) is 50.0 cm³/mol. The summed E-state index contributed by atoms with van der Waals surface area (Å²) in [6.45, 7) is 4.06. The van der Waals surface area contributed by atoms with E-state index >= 15 is 0 Å². The Morgan fingerprint density at radius 3 is 3.25 bits per heavy atom. The number of hydrogen-bond donors (Lipinski definition) is 0. The Balaban J connectivity index is 2.51. The van der Waals surface area contributed by atoms with Gasteiger partial charge in [0.05, 0.1) is 6.21 Å². The second-order valence-electron chi connectivity index (χ2n) is 2.56. The molecule has 0 saturated carbocycles. The van der Waals surface area contributed by atoms with Gasteiger partial charge in [-0.2, -0.15) is 0 Å². The zero-order chi connectivity index (χ0) is 8.81. The van der Waals surface area contributed by atoms with E-state index in [4.69, 9.17) is 0 Å². The van der Waals surface area contributed by atoms with Gasteiger partial charge in [0.15, 0.2) is 0 Å². The van der Waals surface area contributed by atoms with Crippen LogP contribution in [-0.4, -0.2) is 31.3 Å². The molecule has 3 heteroatoms. The van der Waals surface area contributed by atoms with Crippen molar-refractivity contribution in [3.05, 3.63) is 23.9 Å². The summed E-state index contributed by atoms with van der Waals surface area (Å²) in [6.07, 6.45) is 7.87. The van der Waals surface area contributed by atoms with Crippen LogP contribution >= 0.6 is 0 Å². The van der Waals surface area contributed by atoms with E-state index in [1.807, 2.05) is 12.2 Å². The van der Waals surface area contributed by atoms with E-state index in [0.29, 0.717) is 0 Å². The highest BCUT2D eigenvalue weighted by molar-refractivity contribution is 5.79. The fraction of sp³-hybridized carbons (Fsp3) is 0.444.